The monoisotopic (exact) mass is 329 g/mol. The van der Waals surface area contributed by atoms with Gasteiger partial charge >= 0.3 is 0 Å². The molecule has 1 atom stereocenters. The first-order valence-electron chi connectivity index (χ1n) is 8.07. The van der Waals surface area contributed by atoms with Gasteiger partial charge in [-0.25, -0.2) is 4.68 Å². The summed E-state index contributed by atoms with van der Waals surface area (Å²) in [5.74, 6) is 0.685. The molecule has 2 heterocycles. The molecule has 1 aromatic carbocycles. The van der Waals surface area contributed by atoms with Crippen molar-refractivity contribution in [3.8, 4) is 11.4 Å². The third kappa shape index (κ3) is 2.99. The van der Waals surface area contributed by atoms with Gasteiger partial charge in [-0.3, -0.25) is 4.79 Å². The highest BCUT2D eigenvalue weighted by Gasteiger charge is 2.29. The Morgan fingerprint density at radius 2 is 2.12 bits per heavy atom. The zero-order valence-corrected chi connectivity index (χ0v) is 14.6. The maximum Gasteiger partial charge on any atom is 0.276 e. The van der Waals surface area contributed by atoms with E-state index in [9.17, 15) is 4.79 Å². The van der Waals surface area contributed by atoms with Gasteiger partial charge in [0, 0.05) is 31.7 Å². The molecule has 128 valence electrons. The summed E-state index contributed by atoms with van der Waals surface area (Å²) in [4.78, 5) is 17.0. The number of carbonyl (C=O) groups excluding carboxylic acids is 1. The zero-order chi connectivity index (χ0) is 17.3. The predicted molar refractivity (Wildman–Crippen MR) is 90.6 cm³/mol. The number of likely N-dealkylation sites (N-methyl/N-ethyl adjacent to an activating group) is 1. The fourth-order valence-electron chi connectivity index (χ4n) is 3.09. The quantitative estimate of drug-likeness (QED) is 0.851. The molecule has 0 N–H and O–H groups in total. The van der Waals surface area contributed by atoms with Crippen molar-refractivity contribution < 1.29 is 9.53 Å². The number of rotatable bonds is 3. The summed E-state index contributed by atoms with van der Waals surface area (Å²) in [5.41, 5.74) is 1.97. The first kappa shape index (κ1) is 16.4. The number of hydrogen-bond donors (Lipinski definition) is 0. The minimum absolute atomic E-state index is 0.0535. The molecule has 1 saturated heterocycles. The van der Waals surface area contributed by atoms with Gasteiger partial charge in [0.1, 0.15) is 5.75 Å². The second kappa shape index (κ2) is 6.60. The van der Waals surface area contributed by atoms with E-state index in [1.54, 1.807) is 11.8 Å². The molecule has 3 rings (SSSR count). The summed E-state index contributed by atoms with van der Waals surface area (Å²) in [5, 5.41) is 8.31. The molecule has 7 heteroatoms. The summed E-state index contributed by atoms with van der Waals surface area (Å²) in [6.07, 6.45) is 0. The van der Waals surface area contributed by atoms with Gasteiger partial charge in [0.2, 0.25) is 0 Å². The van der Waals surface area contributed by atoms with Gasteiger partial charge in [-0.05, 0) is 33.0 Å². The zero-order valence-electron chi connectivity index (χ0n) is 14.6. The minimum Gasteiger partial charge on any atom is -0.497 e. The van der Waals surface area contributed by atoms with Crippen molar-refractivity contribution in [3.63, 3.8) is 0 Å². The van der Waals surface area contributed by atoms with E-state index in [1.807, 2.05) is 36.1 Å². The Bertz CT molecular complexity index is 742. The van der Waals surface area contributed by atoms with Crippen molar-refractivity contribution in [2.75, 3.05) is 33.8 Å². The highest BCUT2D eigenvalue weighted by molar-refractivity contribution is 5.93. The number of benzene rings is 1. The molecule has 0 unspecified atom stereocenters. The van der Waals surface area contributed by atoms with E-state index in [0.29, 0.717) is 12.2 Å². The molecule has 0 aliphatic carbocycles. The standard InChI is InChI=1S/C17H23N5O2/c1-12-11-20(3)8-9-21(12)17(23)16-13(2)22(19-18-16)14-6-5-7-15(10-14)24-4/h5-7,10,12H,8-9,11H2,1-4H3/t12-/m0/s1. The lowest BCUT2D eigenvalue weighted by Crippen LogP contribution is -2.52. The summed E-state index contributed by atoms with van der Waals surface area (Å²) in [6.45, 7) is 6.39. The second-order valence-corrected chi connectivity index (χ2v) is 6.25. The van der Waals surface area contributed by atoms with E-state index in [2.05, 4.69) is 29.2 Å². The first-order valence-corrected chi connectivity index (χ1v) is 8.07. The van der Waals surface area contributed by atoms with Gasteiger partial charge in [0.25, 0.3) is 5.91 Å². The molecular weight excluding hydrogens is 306 g/mol. The van der Waals surface area contributed by atoms with E-state index < -0.39 is 0 Å². The number of nitrogens with zero attached hydrogens (tertiary/aromatic N) is 5. The highest BCUT2D eigenvalue weighted by atomic mass is 16.5. The third-order valence-corrected chi connectivity index (χ3v) is 4.49. The van der Waals surface area contributed by atoms with E-state index in [1.165, 1.54) is 0 Å². The van der Waals surface area contributed by atoms with Crippen LogP contribution >= 0.6 is 0 Å². The molecule has 0 bridgehead atoms. The number of ether oxygens (including phenoxy) is 1. The molecule has 0 radical (unpaired) electrons. The van der Waals surface area contributed by atoms with Gasteiger partial charge in [-0.2, -0.15) is 0 Å². The van der Waals surface area contributed by atoms with Gasteiger partial charge in [-0.15, -0.1) is 5.10 Å². The fraction of sp³-hybridized carbons (Fsp3) is 0.471. The molecule has 1 fully saturated rings. The maximum absolute atomic E-state index is 12.9. The van der Waals surface area contributed by atoms with Crippen molar-refractivity contribution in [2.24, 2.45) is 0 Å². The lowest BCUT2D eigenvalue weighted by Gasteiger charge is -2.37. The topological polar surface area (TPSA) is 63.5 Å². The average molecular weight is 329 g/mol. The van der Waals surface area contributed by atoms with Crippen LogP contribution in [0.5, 0.6) is 5.75 Å². The fourth-order valence-corrected chi connectivity index (χ4v) is 3.09. The molecule has 1 aliphatic heterocycles. The summed E-state index contributed by atoms with van der Waals surface area (Å²) < 4.78 is 6.93. The van der Waals surface area contributed by atoms with E-state index in [0.717, 1.165) is 30.2 Å². The maximum atomic E-state index is 12.9. The van der Waals surface area contributed by atoms with Crippen molar-refractivity contribution in [1.29, 1.82) is 0 Å². The van der Waals surface area contributed by atoms with Crippen molar-refractivity contribution in [1.82, 2.24) is 24.8 Å². The Kier molecular flexibility index (Phi) is 4.53. The molecule has 2 aromatic rings. The number of piperazine rings is 1. The Morgan fingerprint density at radius 3 is 2.83 bits per heavy atom. The SMILES string of the molecule is COc1cccc(-n2nnc(C(=O)N3CCN(C)C[C@@H]3C)c2C)c1. The summed E-state index contributed by atoms with van der Waals surface area (Å²) in [7, 11) is 3.69. The molecule has 1 amide bonds. The minimum atomic E-state index is -0.0535. The van der Waals surface area contributed by atoms with Gasteiger partial charge < -0.3 is 14.5 Å². The predicted octanol–water partition coefficient (Wildman–Crippen LogP) is 1.36. The molecule has 24 heavy (non-hydrogen) atoms. The van der Waals surface area contributed by atoms with Crippen LogP contribution in [0.25, 0.3) is 5.69 Å². The smallest absolute Gasteiger partial charge is 0.276 e. The Morgan fingerprint density at radius 1 is 1.33 bits per heavy atom. The van der Waals surface area contributed by atoms with E-state index >= 15 is 0 Å². The molecule has 0 spiro atoms. The van der Waals surface area contributed by atoms with Crippen LogP contribution in [0.15, 0.2) is 24.3 Å². The molecule has 7 nitrogen and oxygen atoms in total. The van der Waals surface area contributed by atoms with Crippen LogP contribution in [-0.2, 0) is 0 Å². The van der Waals surface area contributed by atoms with E-state index in [4.69, 9.17) is 4.74 Å². The van der Waals surface area contributed by atoms with Crippen LogP contribution in [-0.4, -0.2) is 70.5 Å². The summed E-state index contributed by atoms with van der Waals surface area (Å²) >= 11 is 0. The van der Waals surface area contributed by atoms with Gasteiger partial charge in [-0.1, -0.05) is 11.3 Å². The first-order chi connectivity index (χ1) is 11.5. The number of methoxy groups -OCH3 is 1. The number of carbonyl (C=O) groups is 1. The van der Waals surface area contributed by atoms with E-state index in [-0.39, 0.29) is 11.9 Å². The summed E-state index contributed by atoms with van der Waals surface area (Å²) in [6, 6.07) is 7.70. The highest BCUT2D eigenvalue weighted by Crippen LogP contribution is 2.20. The van der Waals surface area contributed by atoms with Crippen molar-refractivity contribution in [2.45, 2.75) is 19.9 Å². The van der Waals surface area contributed by atoms with Crippen LogP contribution < -0.4 is 4.74 Å². The van der Waals surface area contributed by atoms with Crippen LogP contribution in [0, 0.1) is 6.92 Å². The van der Waals surface area contributed by atoms with Crippen molar-refractivity contribution >= 4 is 5.91 Å². The lowest BCUT2D eigenvalue weighted by molar-refractivity contribution is 0.0527. The van der Waals surface area contributed by atoms with Crippen LogP contribution in [0.1, 0.15) is 23.1 Å². The normalized spacial score (nSPS) is 18.7. The molecule has 0 saturated carbocycles. The number of aromatic nitrogens is 3. The third-order valence-electron chi connectivity index (χ3n) is 4.49. The Hall–Kier alpha value is -2.41. The van der Waals surface area contributed by atoms with Crippen LogP contribution in [0.2, 0.25) is 0 Å². The Labute approximate surface area is 141 Å². The number of hydrogen-bond acceptors (Lipinski definition) is 5. The molecule has 1 aliphatic rings. The second-order valence-electron chi connectivity index (χ2n) is 6.25. The average Bonchev–Trinajstić information content (AvgIpc) is 2.96. The number of amides is 1. The van der Waals surface area contributed by atoms with Gasteiger partial charge in [0.15, 0.2) is 5.69 Å². The molecular formula is C17H23N5O2. The van der Waals surface area contributed by atoms with Crippen LogP contribution in [0.3, 0.4) is 0 Å². The van der Waals surface area contributed by atoms with Crippen LogP contribution in [0.4, 0.5) is 0 Å². The lowest BCUT2D eigenvalue weighted by atomic mass is 10.1. The molecule has 1 aromatic heterocycles. The van der Waals surface area contributed by atoms with Gasteiger partial charge in [0.05, 0.1) is 18.5 Å². The van der Waals surface area contributed by atoms with Crippen molar-refractivity contribution in [3.05, 3.63) is 35.7 Å². The Balaban J connectivity index is 1.88. The largest absolute Gasteiger partial charge is 0.497 e.